The smallest absolute Gasteiger partial charge is 0.255 e. The predicted molar refractivity (Wildman–Crippen MR) is 110 cm³/mol. The van der Waals surface area contributed by atoms with Gasteiger partial charge in [-0.25, -0.2) is 0 Å². The number of hydrogen-bond donors (Lipinski definition) is 1. The van der Waals surface area contributed by atoms with Crippen LogP contribution in [0.4, 0.5) is 5.69 Å². The molecule has 0 aliphatic carbocycles. The van der Waals surface area contributed by atoms with E-state index in [9.17, 15) is 9.59 Å². The van der Waals surface area contributed by atoms with Gasteiger partial charge in [-0.3, -0.25) is 9.59 Å². The zero-order chi connectivity index (χ0) is 20.1. The minimum Gasteiger partial charge on any atom is -0.491 e. The van der Waals surface area contributed by atoms with Crippen molar-refractivity contribution in [3.05, 3.63) is 59.7 Å². The molecule has 0 spiro atoms. The standard InChI is InChI=1S/C22H27N3O3/c1-16(2)28-20-10-8-19(9-11-20)23-21(26)17-4-6-18(7-5-17)22(27)25-14-12-24(3)13-15-25/h4-11,16H,12-15H2,1-3H3,(H,23,26). The summed E-state index contributed by atoms with van der Waals surface area (Å²) in [6, 6.07) is 14.1. The molecule has 1 N–H and O–H groups in total. The van der Waals surface area contributed by atoms with Crippen LogP contribution in [0.15, 0.2) is 48.5 Å². The van der Waals surface area contributed by atoms with Crippen molar-refractivity contribution in [1.29, 1.82) is 0 Å². The lowest BCUT2D eigenvalue weighted by atomic mass is 10.1. The Morgan fingerprint density at radius 1 is 0.893 bits per heavy atom. The molecule has 2 aromatic rings. The molecular formula is C22H27N3O3. The maximum atomic E-state index is 12.6. The summed E-state index contributed by atoms with van der Waals surface area (Å²) < 4.78 is 5.60. The molecule has 1 heterocycles. The minimum atomic E-state index is -0.212. The molecule has 2 aromatic carbocycles. The van der Waals surface area contributed by atoms with Crippen LogP contribution in [0.1, 0.15) is 34.6 Å². The molecule has 0 unspecified atom stereocenters. The molecule has 148 valence electrons. The summed E-state index contributed by atoms with van der Waals surface area (Å²) in [5.41, 5.74) is 1.81. The largest absolute Gasteiger partial charge is 0.491 e. The van der Waals surface area contributed by atoms with Crippen LogP contribution in [-0.2, 0) is 0 Å². The van der Waals surface area contributed by atoms with E-state index in [4.69, 9.17) is 4.74 Å². The number of amides is 2. The van der Waals surface area contributed by atoms with Gasteiger partial charge in [0.1, 0.15) is 5.75 Å². The number of ether oxygens (including phenoxy) is 1. The SMILES string of the molecule is CC(C)Oc1ccc(NC(=O)c2ccc(C(=O)N3CCN(C)CC3)cc2)cc1. The fraction of sp³-hybridized carbons (Fsp3) is 0.364. The van der Waals surface area contributed by atoms with Crippen molar-refractivity contribution in [3.63, 3.8) is 0 Å². The first-order chi connectivity index (χ1) is 13.4. The summed E-state index contributed by atoms with van der Waals surface area (Å²) in [7, 11) is 2.06. The average Bonchev–Trinajstić information content (AvgIpc) is 2.69. The first-order valence-electron chi connectivity index (χ1n) is 9.58. The van der Waals surface area contributed by atoms with Crippen molar-refractivity contribution in [2.45, 2.75) is 20.0 Å². The maximum absolute atomic E-state index is 12.6. The predicted octanol–water partition coefficient (Wildman–Crippen LogP) is 3.11. The fourth-order valence-electron chi connectivity index (χ4n) is 3.05. The van der Waals surface area contributed by atoms with Gasteiger partial charge in [-0.1, -0.05) is 0 Å². The Balaban J connectivity index is 1.59. The highest BCUT2D eigenvalue weighted by Crippen LogP contribution is 2.18. The summed E-state index contributed by atoms with van der Waals surface area (Å²) in [5, 5.41) is 2.86. The molecule has 0 radical (unpaired) electrons. The van der Waals surface area contributed by atoms with Gasteiger partial charge in [0.2, 0.25) is 0 Å². The van der Waals surface area contributed by atoms with Crippen LogP contribution in [0.2, 0.25) is 0 Å². The fourth-order valence-corrected chi connectivity index (χ4v) is 3.05. The zero-order valence-corrected chi connectivity index (χ0v) is 16.6. The molecule has 1 aliphatic rings. The summed E-state index contributed by atoms with van der Waals surface area (Å²) in [6.45, 7) is 7.16. The van der Waals surface area contributed by atoms with Gasteiger partial charge >= 0.3 is 0 Å². The van der Waals surface area contributed by atoms with Crippen LogP contribution in [-0.4, -0.2) is 60.9 Å². The number of carbonyl (C=O) groups excluding carboxylic acids is 2. The molecule has 6 nitrogen and oxygen atoms in total. The first kappa shape index (κ1) is 19.9. The highest BCUT2D eigenvalue weighted by molar-refractivity contribution is 6.05. The summed E-state index contributed by atoms with van der Waals surface area (Å²) in [4.78, 5) is 29.1. The van der Waals surface area contributed by atoms with Crippen LogP contribution >= 0.6 is 0 Å². The van der Waals surface area contributed by atoms with Gasteiger partial charge in [-0.2, -0.15) is 0 Å². The van der Waals surface area contributed by atoms with Crippen molar-refractivity contribution in [2.75, 3.05) is 38.5 Å². The molecule has 6 heteroatoms. The number of anilines is 1. The first-order valence-corrected chi connectivity index (χ1v) is 9.58. The Morgan fingerprint density at radius 2 is 1.46 bits per heavy atom. The molecule has 0 aromatic heterocycles. The summed E-state index contributed by atoms with van der Waals surface area (Å²) >= 11 is 0. The molecule has 0 saturated carbocycles. The van der Waals surface area contributed by atoms with Crippen LogP contribution < -0.4 is 10.1 Å². The number of carbonyl (C=O) groups is 2. The number of rotatable bonds is 5. The number of piperazine rings is 1. The van der Waals surface area contributed by atoms with Gasteiger partial charge in [0.25, 0.3) is 11.8 Å². The number of nitrogens with zero attached hydrogens (tertiary/aromatic N) is 2. The van der Waals surface area contributed by atoms with E-state index < -0.39 is 0 Å². The lowest BCUT2D eigenvalue weighted by Gasteiger charge is -2.32. The third kappa shape index (κ3) is 5.10. The minimum absolute atomic E-state index is 0.0146. The average molecular weight is 381 g/mol. The van der Waals surface area contributed by atoms with E-state index in [1.54, 1.807) is 36.4 Å². The van der Waals surface area contributed by atoms with E-state index in [2.05, 4.69) is 17.3 Å². The molecule has 28 heavy (non-hydrogen) atoms. The molecule has 1 fully saturated rings. The molecule has 1 saturated heterocycles. The summed E-state index contributed by atoms with van der Waals surface area (Å²) in [6.07, 6.45) is 0.104. The zero-order valence-electron chi connectivity index (χ0n) is 16.6. The second-order valence-electron chi connectivity index (χ2n) is 7.32. The van der Waals surface area contributed by atoms with Gasteiger partial charge in [0.15, 0.2) is 0 Å². The Kier molecular flexibility index (Phi) is 6.31. The van der Waals surface area contributed by atoms with E-state index in [0.29, 0.717) is 16.8 Å². The van der Waals surface area contributed by atoms with Gasteiger partial charge in [0, 0.05) is 43.0 Å². The van der Waals surface area contributed by atoms with Crippen molar-refractivity contribution >= 4 is 17.5 Å². The van der Waals surface area contributed by atoms with Gasteiger partial charge < -0.3 is 19.9 Å². The third-order valence-corrected chi connectivity index (χ3v) is 4.67. The molecule has 1 aliphatic heterocycles. The molecule has 2 amide bonds. The highest BCUT2D eigenvalue weighted by Gasteiger charge is 2.20. The van der Waals surface area contributed by atoms with E-state index in [0.717, 1.165) is 31.9 Å². The monoisotopic (exact) mass is 381 g/mol. The van der Waals surface area contributed by atoms with Crippen molar-refractivity contribution < 1.29 is 14.3 Å². The Morgan fingerprint density at radius 3 is 2.04 bits per heavy atom. The normalized spacial score (nSPS) is 14.8. The topological polar surface area (TPSA) is 61.9 Å². The molecule has 0 atom stereocenters. The van der Waals surface area contributed by atoms with E-state index >= 15 is 0 Å². The van der Waals surface area contributed by atoms with E-state index in [1.165, 1.54) is 0 Å². The van der Waals surface area contributed by atoms with Crippen LogP contribution in [0, 0.1) is 0 Å². The number of likely N-dealkylation sites (N-methyl/N-ethyl adjacent to an activating group) is 1. The molecular weight excluding hydrogens is 354 g/mol. The number of hydrogen-bond acceptors (Lipinski definition) is 4. The second-order valence-corrected chi connectivity index (χ2v) is 7.32. The third-order valence-electron chi connectivity index (χ3n) is 4.67. The van der Waals surface area contributed by atoms with Crippen molar-refractivity contribution in [1.82, 2.24) is 9.80 Å². The Labute approximate surface area is 166 Å². The number of nitrogens with one attached hydrogen (secondary N) is 1. The lowest BCUT2D eigenvalue weighted by molar-refractivity contribution is 0.0664. The van der Waals surface area contributed by atoms with E-state index in [1.807, 2.05) is 30.9 Å². The lowest BCUT2D eigenvalue weighted by Crippen LogP contribution is -2.47. The van der Waals surface area contributed by atoms with Gasteiger partial charge in [-0.15, -0.1) is 0 Å². The Bertz CT molecular complexity index is 808. The van der Waals surface area contributed by atoms with Gasteiger partial charge in [-0.05, 0) is 69.4 Å². The van der Waals surface area contributed by atoms with E-state index in [-0.39, 0.29) is 17.9 Å². The Hall–Kier alpha value is -2.86. The van der Waals surface area contributed by atoms with Crippen LogP contribution in [0.25, 0.3) is 0 Å². The van der Waals surface area contributed by atoms with Gasteiger partial charge in [0.05, 0.1) is 6.10 Å². The van der Waals surface area contributed by atoms with Crippen molar-refractivity contribution in [3.8, 4) is 5.75 Å². The molecule has 0 bridgehead atoms. The van der Waals surface area contributed by atoms with Crippen molar-refractivity contribution in [2.24, 2.45) is 0 Å². The van der Waals surface area contributed by atoms with Crippen LogP contribution in [0.5, 0.6) is 5.75 Å². The second kappa shape index (κ2) is 8.89. The number of benzene rings is 2. The quantitative estimate of drug-likeness (QED) is 0.864. The van der Waals surface area contributed by atoms with Crippen LogP contribution in [0.3, 0.4) is 0 Å². The maximum Gasteiger partial charge on any atom is 0.255 e. The summed E-state index contributed by atoms with van der Waals surface area (Å²) in [5.74, 6) is 0.566. The highest BCUT2D eigenvalue weighted by atomic mass is 16.5. The molecule has 3 rings (SSSR count).